The van der Waals surface area contributed by atoms with Gasteiger partial charge in [0.15, 0.2) is 0 Å². The number of hydrogen-bond donors (Lipinski definition) is 0. The first-order chi connectivity index (χ1) is 11.5. The summed E-state index contributed by atoms with van der Waals surface area (Å²) in [4.78, 5) is 26.3. The van der Waals surface area contributed by atoms with E-state index in [-0.39, 0.29) is 29.0 Å². The molecule has 2 unspecified atom stereocenters. The Balaban J connectivity index is 1.80. The van der Waals surface area contributed by atoms with Crippen molar-refractivity contribution in [2.24, 2.45) is 12.5 Å². The topological polar surface area (TPSA) is 51.5 Å². The third-order valence-electron chi connectivity index (χ3n) is 6.02. The van der Waals surface area contributed by atoms with Crippen LogP contribution in [0.2, 0.25) is 0 Å². The number of hydrogen-bond acceptors (Lipinski definition) is 3. The lowest BCUT2D eigenvalue weighted by molar-refractivity contribution is -0.170. The van der Waals surface area contributed by atoms with E-state index in [1.54, 1.807) is 19.3 Å². The maximum atomic E-state index is 12.9. The number of carbonyl (C=O) groups is 1. The summed E-state index contributed by atoms with van der Waals surface area (Å²) in [5.74, 6) is -0.00417. The molecule has 0 N–H and O–H groups in total. The molecule has 1 aromatic rings. The van der Waals surface area contributed by atoms with Gasteiger partial charge in [0.1, 0.15) is 0 Å². The lowest BCUT2D eigenvalue weighted by atomic mass is 9.54. The summed E-state index contributed by atoms with van der Waals surface area (Å²) in [7, 11) is 3.58. The number of ether oxygens (including phenoxy) is 1. The van der Waals surface area contributed by atoms with Crippen molar-refractivity contribution in [2.45, 2.75) is 57.6 Å². The number of amides is 1. The predicted molar refractivity (Wildman–Crippen MR) is 93.1 cm³/mol. The smallest absolute Gasteiger partial charge is 0.255 e. The van der Waals surface area contributed by atoms with E-state index in [1.165, 1.54) is 29.9 Å². The van der Waals surface area contributed by atoms with E-state index in [1.807, 2.05) is 18.9 Å². The quantitative estimate of drug-likeness (QED) is 0.851. The van der Waals surface area contributed by atoms with E-state index in [4.69, 9.17) is 4.74 Å². The summed E-state index contributed by atoms with van der Waals surface area (Å²) in [6, 6.07) is 3.33. The second kappa shape index (κ2) is 6.71. The number of pyridine rings is 1. The van der Waals surface area contributed by atoms with Gasteiger partial charge in [-0.3, -0.25) is 9.59 Å². The van der Waals surface area contributed by atoms with E-state index in [0.29, 0.717) is 5.56 Å². The molecule has 5 nitrogen and oxygen atoms in total. The molecule has 1 heterocycles. The van der Waals surface area contributed by atoms with Crippen LogP contribution in [0.25, 0.3) is 0 Å². The molecule has 1 spiro atoms. The van der Waals surface area contributed by atoms with E-state index < -0.39 is 0 Å². The molecule has 132 valence electrons. The fraction of sp³-hybridized carbons (Fsp3) is 0.684. The first-order valence-corrected chi connectivity index (χ1v) is 9.05. The third kappa shape index (κ3) is 2.79. The minimum atomic E-state index is -0.0991. The predicted octanol–water partition coefficient (Wildman–Crippen LogP) is 2.59. The van der Waals surface area contributed by atoms with Gasteiger partial charge in [0.2, 0.25) is 5.56 Å². The number of nitrogens with zero attached hydrogens (tertiary/aromatic N) is 2. The Labute approximate surface area is 143 Å². The molecule has 2 saturated carbocycles. The highest BCUT2D eigenvalue weighted by atomic mass is 16.5. The highest BCUT2D eigenvalue weighted by Gasteiger charge is 2.57. The van der Waals surface area contributed by atoms with Crippen molar-refractivity contribution in [2.75, 3.05) is 13.7 Å². The Hall–Kier alpha value is -1.62. The first-order valence-electron chi connectivity index (χ1n) is 9.05. The lowest BCUT2D eigenvalue weighted by Crippen LogP contribution is -2.65. The van der Waals surface area contributed by atoms with Gasteiger partial charge < -0.3 is 14.2 Å². The minimum Gasteiger partial charge on any atom is -0.378 e. The third-order valence-corrected chi connectivity index (χ3v) is 6.02. The Morgan fingerprint density at radius 1 is 1.33 bits per heavy atom. The van der Waals surface area contributed by atoms with Crippen LogP contribution in [0.3, 0.4) is 0 Å². The van der Waals surface area contributed by atoms with Crippen molar-refractivity contribution in [3.63, 3.8) is 0 Å². The standard InChI is InChI=1S/C19H28N2O3/c1-4-24-16-12-15(19(16)10-6-5-7-11-19)21(3)18(23)14-8-9-17(22)20(2)13-14/h8-9,13,15-16H,4-7,10-12H2,1-3H3. The minimum absolute atomic E-state index is 0.00417. The summed E-state index contributed by atoms with van der Waals surface area (Å²) in [6.45, 7) is 2.78. The first kappa shape index (κ1) is 17.2. The molecule has 0 radical (unpaired) electrons. The highest BCUT2D eigenvalue weighted by Crippen LogP contribution is 2.55. The highest BCUT2D eigenvalue weighted by molar-refractivity contribution is 5.94. The van der Waals surface area contributed by atoms with Gasteiger partial charge in [0.05, 0.1) is 11.7 Å². The molecule has 2 aliphatic carbocycles. The van der Waals surface area contributed by atoms with Crippen LogP contribution in [-0.2, 0) is 11.8 Å². The molecule has 1 amide bonds. The molecule has 2 atom stereocenters. The Morgan fingerprint density at radius 2 is 2.04 bits per heavy atom. The van der Waals surface area contributed by atoms with Crippen molar-refractivity contribution in [1.29, 1.82) is 0 Å². The largest absolute Gasteiger partial charge is 0.378 e. The van der Waals surface area contributed by atoms with Gasteiger partial charge >= 0.3 is 0 Å². The average Bonchev–Trinajstić information content (AvgIpc) is 2.60. The van der Waals surface area contributed by atoms with Crippen LogP contribution in [-0.4, -0.2) is 41.2 Å². The van der Waals surface area contributed by atoms with Crippen molar-refractivity contribution >= 4 is 5.91 Å². The van der Waals surface area contributed by atoms with Crippen LogP contribution in [0.15, 0.2) is 23.1 Å². The van der Waals surface area contributed by atoms with Gasteiger partial charge in [-0.25, -0.2) is 0 Å². The van der Waals surface area contributed by atoms with Gasteiger partial charge in [0.25, 0.3) is 5.91 Å². The van der Waals surface area contributed by atoms with E-state index in [0.717, 1.165) is 25.9 Å². The van der Waals surface area contributed by atoms with Gasteiger partial charge in [-0.2, -0.15) is 0 Å². The molecule has 0 saturated heterocycles. The van der Waals surface area contributed by atoms with Crippen molar-refractivity contribution in [3.8, 4) is 0 Å². The molecule has 24 heavy (non-hydrogen) atoms. The lowest BCUT2D eigenvalue weighted by Gasteiger charge is -2.60. The maximum Gasteiger partial charge on any atom is 0.255 e. The molecule has 5 heteroatoms. The molecular weight excluding hydrogens is 304 g/mol. The van der Waals surface area contributed by atoms with Crippen molar-refractivity contribution in [3.05, 3.63) is 34.2 Å². The van der Waals surface area contributed by atoms with Gasteiger partial charge in [0, 0.05) is 44.4 Å². The number of aromatic nitrogens is 1. The summed E-state index contributed by atoms with van der Waals surface area (Å²) in [6.07, 6.45) is 8.86. The molecule has 0 aromatic carbocycles. The van der Waals surface area contributed by atoms with Crippen LogP contribution < -0.4 is 5.56 Å². The Bertz CT molecular complexity index is 661. The van der Waals surface area contributed by atoms with Gasteiger partial charge in [-0.15, -0.1) is 0 Å². The Kier molecular flexibility index (Phi) is 4.81. The Morgan fingerprint density at radius 3 is 2.67 bits per heavy atom. The van der Waals surface area contributed by atoms with Crippen LogP contribution in [0.5, 0.6) is 0 Å². The molecule has 3 rings (SSSR count). The fourth-order valence-electron chi connectivity index (χ4n) is 4.64. The second-order valence-electron chi connectivity index (χ2n) is 7.27. The van der Waals surface area contributed by atoms with E-state index in [2.05, 4.69) is 0 Å². The molecular formula is C19H28N2O3. The SMILES string of the molecule is CCOC1CC(N(C)C(=O)c2ccc(=O)n(C)c2)C12CCCCC2. The summed E-state index contributed by atoms with van der Waals surface area (Å²) in [5.41, 5.74) is 0.600. The van der Waals surface area contributed by atoms with Crippen LogP contribution in [0, 0.1) is 5.41 Å². The number of carbonyl (C=O) groups excluding carboxylic acids is 1. The number of rotatable bonds is 4. The zero-order valence-corrected chi connectivity index (χ0v) is 15.0. The van der Waals surface area contributed by atoms with Gasteiger partial charge in [-0.05, 0) is 32.3 Å². The molecule has 0 bridgehead atoms. The van der Waals surface area contributed by atoms with Crippen molar-refractivity contribution < 1.29 is 9.53 Å². The second-order valence-corrected chi connectivity index (χ2v) is 7.27. The van der Waals surface area contributed by atoms with Crippen LogP contribution in [0.4, 0.5) is 0 Å². The maximum absolute atomic E-state index is 12.9. The number of aryl methyl sites for hydroxylation is 1. The van der Waals surface area contributed by atoms with Crippen molar-refractivity contribution in [1.82, 2.24) is 9.47 Å². The summed E-state index contributed by atoms with van der Waals surface area (Å²) in [5, 5.41) is 0. The van der Waals surface area contributed by atoms with Crippen LogP contribution >= 0.6 is 0 Å². The summed E-state index contributed by atoms with van der Waals surface area (Å²) < 4.78 is 7.45. The van der Waals surface area contributed by atoms with E-state index in [9.17, 15) is 9.59 Å². The van der Waals surface area contributed by atoms with Crippen LogP contribution in [0.1, 0.15) is 55.8 Å². The average molecular weight is 332 g/mol. The normalized spacial score (nSPS) is 25.3. The van der Waals surface area contributed by atoms with E-state index >= 15 is 0 Å². The van der Waals surface area contributed by atoms with Gasteiger partial charge in [-0.1, -0.05) is 19.3 Å². The fourth-order valence-corrected chi connectivity index (χ4v) is 4.64. The molecule has 2 fully saturated rings. The zero-order valence-electron chi connectivity index (χ0n) is 15.0. The molecule has 0 aliphatic heterocycles. The molecule has 1 aromatic heterocycles. The molecule has 2 aliphatic rings. The zero-order chi connectivity index (χ0) is 17.3. The summed E-state index contributed by atoms with van der Waals surface area (Å²) >= 11 is 0. The monoisotopic (exact) mass is 332 g/mol.